The molecule has 8 heteroatoms. The maximum atomic E-state index is 11.8. The Morgan fingerprint density at radius 1 is 1.22 bits per heavy atom. The smallest absolute Gasteiger partial charge is 0.229 e. The van der Waals surface area contributed by atoms with E-state index in [2.05, 4.69) is 10.3 Å². The van der Waals surface area contributed by atoms with E-state index < -0.39 is 0 Å². The van der Waals surface area contributed by atoms with Gasteiger partial charge >= 0.3 is 0 Å². The number of amides is 3. The van der Waals surface area contributed by atoms with Gasteiger partial charge in [-0.3, -0.25) is 19.3 Å². The Morgan fingerprint density at radius 3 is 2.70 bits per heavy atom. The summed E-state index contributed by atoms with van der Waals surface area (Å²) in [7, 11) is 0. The first kappa shape index (κ1) is 15.5. The van der Waals surface area contributed by atoms with Crippen molar-refractivity contribution in [2.45, 2.75) is 25.8 Å². The van der Waals surface area contributed by atoms with Crippen molar-refractivity contribution in [3.8, 4) is 0 Å². The number of halogens is 1. The average Bonchev–Trinajstić information content (AvgIpc) is 3.06. The first-order valence-corrected chi connectivity index (χ1v) is 7.64. The number of carbonyl (C=O) groups is 3. The second kappa shape index (κ2) is 6.37. The largest absolute Gasteiger partial charge is 0.350 e. The molecule has 0 aromatic carbocycles. The molecule has 1 fully saturated rings. The summed E-state index contributed by atoms with van der Waals surface area (Å²) in [5.74, 6) is -0.646. The normalized spacial score (nSPS) is 14.7. The molecule has 3 amide bonds. The van der Waals surface area contributed by atoms with E-state index in [9.17, 15) is 14.4 Å². The van der Waals surface area contributed by atoms with E-state index in [-0.39, 0.29) is 50.1 Å². The van der Waals surface area contributed by atoms with Crippen LogP contribution >= 0.6 is 11.6 Å². The molecule has 1 aliphatic rings. The lowest BCUT2D eigenvalue weighted by molar-refractivity contribution is -0.138. The molecule has 1 N–H and O–H groups in total. The molecule has 23 heavy (non-hydrogen) atoms. The molecule has 0 unspecified atom stereocenters. The van der Waals surface area contributed by atoms with Gasteiger partial charge in [-0.05, 0) is 12.1 Å². The molecule has 0 bridgehead atoms. The van der Waals surface area contributed by atoms with E-state index >= 15 is 0 Å². The molecule has 7 nitrogen and oxygen atoms in total. The lowest BCUT2D eigenvalue weighted by Crippen LogP contribution is -2.34. The van der Waals surface area contributed by atoms with Crippen molar-refractivity contribution in [3.63, 3.8) is 0 Å². The van der Waals surface area contributed by atoms with Gasteiger partial charge < -0.3 is 9.72 Å². The summed E-state index contributed by atoms with van der Waals surface area (Å²) in [6.07, 6.45) is 4.10. The summed E-state index contributed by atoms with van der Waals surface area (Å²) in [5.41, 5.74) is 1.45. The lowest BCUT2D eigenvalue weighted by Gasteiger charge is -2.12. The molecule has 0 radical (unpaired) electrons. The summed E-state index contributed by atoms with van der Waals surface area (Å²) < 4.78 is 1.78. The summed E-state index contributed by atoms with van der Waals surface area (Å²) in [6.45, 7) is 0.407. The first-order chi connectivity index (χ1) is 11.0. The van der Waals surface area contributed by atoms with Gasteiger partial charge in [0, 0.05) is 38.2 Å². The lowest BCUT2D eigenvalue weighted by atomic mass is 10.3. The minimum absolute atomic E-state index is 0.0939. The summed E-state index contributed by atoms with van der Waals surface area (Å²) in [4.78, 5) is 40.3. The molecule has 120 valence electrons. The Morgan fingerprint density at radius 2 is 1.96 bits per heavy atom. The average molecular weight is 335 g/mol. The Labute approximate surface area is 137 Å². The molecule has 0 aliphatic carbocycles. The minimum atomic E-state index is -0.229. The van der Waals surface area contributed by atoms with Gasteiger partial charge in [0.15, 0.2) is 0 Å². The zero-order chi connectivity index (χ0) is 16.4. The number of pyridine rings is 1. The number of carbonyl (C=O) groups excluding carboxylic acids is 3. The van der Waals surface area contributed by atoms with Gasteiger partial charge in [0.05, 0.1) is 17.3 Å². The van der Waals surface area contributed by atoms with Gasteiger partial charge in [0.25, 0.3) is 0 Å². The van der Waals surface area contributed by atoms with Crippen LogP contribution in [0.25, 0.3) is 5.65 Å². The number of imidazole rings is 1. The predicted molar refractivity (Wildman–Crippen MR) is 82.6 cm³/mol. The van der Waals surface area contributed by atoms with Gasteiger partial charge in [-0.15, -0.1) is 0 Å². The van der Waals surface area contributed by atoms with Gasteiger partial charge in [0.2, 0.25) is 17.7 Å². The number of likely N-dealkylation sites (tertiary alicyclic amines) is 1. The van der Waals surface area contributed by atoms with Crippen molar-refractivity contribution in [2.75, 3.05) is 6.54 Å². The van der Waals surface area contributed by atoms with Crippen LogP contribution in [0.2, 0.25) is 5.02 Å². The molecule has 1 saturated heterocycles. The van der Waals surface area contributed by atoms with Crippen molar-refractivity contribution >= 4 is 35.0 Å². The third-order valence-corrected chi connectivity index (χ3v) is 3.87. The van der Waals surface area contributed by atoms with Gasteiger partial charge in [-0.25, -0.2) is 4.98 Å². The van der Waals surface area contributed by atoms with E-state index in [4.69, 9.17) is 11.6 Å². The van der Waals surface area contributed by atoms with E-state index in [1.165, 1.54) is 0 Å². The summed E-state index contributed by atoms with van der Waals surface area (Å²) in [5, 5.41) is 3.33. The van der Waals surface area contributed by atoms with Crippen LogP contribution in [0, 0.1) is 0 Å². The molecule has 0 spiro atoms. The summed E-state index contributed by atoms with van der Waals surface area (Å²) in [6, 6.07) is 3.54. The highest BCUT2D eigenvalue weighted by Gasteiger charge is 2.28. The first-order valence-electron chi connectivity index (χ1n) is 7.26. The SMILES string of the molecule is O=C(CCN1C(=O)CCC1=O)NCc1cn2cc(Cl)ccc2n1. The quantitative estimate of drug-likeness (QED) is 0.831. The molecule has 3 rings (SSSR count). The third-order valence-electron chi connectivity index (χ3n) is 3.65. The van der Waals surface area contributed by atoms with Crippen molar-refractivity contribution in [1.29, 1.82) is 0 Å². The van der Waals surface area contributed by atoms with Crippen LogP contribution < -0.4 is 5.32 Å². The standard InChI is InChI=1S/C15H15ClN4O3/c16-10-1-2-12-18-11(9-19(12)8-10)7-17-13(21)5-6-20-14(22)3-4-15(20)23/h1-2,8-9H,3-7H2,(H,17,21). The maximum Gasteiger partial charge on any atom is 0.229 e. The Bertz CT molecular complexity index is 770. The number of fused-ring (bicyclic) bond motifs is 1. The topological polar surface area (TPSA) is 83.8 Å². The zero-order valence-corrected chi connectivity index (χ0v) is 13.0. The third kappa shape index (κ3) is 3.50. The van der Waals surface area contributed by atoms with E-state index in [0.29, 0.717) is 10.7 Å². The molecular formula is C15H15ClN4O3. The maximum absolute atomic E-state index is 11.8. The second-order valence-electron chi connectivity index (χ2n) is 5.31. The minimum Gasteiger partial charge on any atom is -0.350 e. The van der Waals surface area contributed by atoms with Crippen LogP contribution in [-0.2, 0) is 20.9 Å². The Kier molecular flexibility index (Phi) is 4.29. The van der Waals surface area contributed by atoms with Crippen LogP contribution in [0.3, 0.4) is 0 Å². The van der Waals surface area contributed by atoms with Crippen LogP contribution in [0.1, 0.15) is 25.0 Å². The summed E-state index contributed by atoms with van der Waals surface area (Å²) >= 11 is 5.90. The number of nitrogens with one attached hydrogen (secondary N) is 1. The number of aromatic nitrogens is 2. The molecule has 2 aromatic heterocycles. The molecule has 3 heterocycles. The van der Waals surface area contributed by atoms with Crippen LogP contribution in [-0.4, -0.2) is 38.6 Å². The van der Waals surface area contributed by atoms with Crippen molar-refractivity contribution < 1.29 is 14.4 Å². The zero-order valence-electron chi connectivity index (χ0n) is 12.3. The van der Waals surface area contributed by atoms with Crippen molar-refractivity contribution in [3.05, 3.63) is 35.2 Å². The number of hydrogen-bond acceptors (Lipinski definition) is 4. The molecule has 2 aromatic rings. The van der Waals surface area contributed by atoms with Crippen molar-refractivity contribution in [2.24, 2.45) is 0 Å². The fourth-order valence-corrected chi connectivity index (χ4v) is 2.63. The molecular weight excluding hydrogens is 320 g/mol. The van der Waals surface area contributed by atoms with Gasteiger partial charge in [0.1, 0.15) is 5.65 Å². The van der Waals surface area contributed by atoms with Crippen LogP contribution in [0.4, 0.5) is 0 Å². The molecule has 0 saturated carbocycles. The Hall–Kier alpha value is -2.41. The highest BCUT2D eigenvalue weighted by atomic mass is 35.5. The van der Waals surface area contributed by atoms with Crippen LogP contribution in [0.5, 0.6) is 0 Å². The van der Waals surface area contributed by atoms with E-state index in [1.54, 1.807) is 28.9 Å². The second-order valence-corrected chi connectivity index (χ2v) is 5.75. The monoisotopic (exact) mass is 334 g/mol. The van der Waals surface area contributed by atoms with E-state index in [1.807, 2.05) is 0 Å². The highest BCUT2D eigenvalue weighted by molar-refractivity contribution is 6.30. The van der Waals surface area contributed by atoms with Crippen molar-refractivity contribution in [1.82, 2.24) is 19.6 Å². The van der Waals surface area contributed by atoms with E-state index in [0.717, 1.165) is 10.5 Å². The van der Waals surface area contributed by atoms with Gasteiger partial charge in [-0.1, -0.05) is 11.6 Å². The highest BCUT2D eigenvalue weighted by Crippen LogP contribution is 2.13. The number of rotatable bonds is 5. The number of imide groups is 1. The molecule has 1 aliphatic heterocycles. The Balaban J connectivity index is 1.52. The van der Waals surface area contributed by atoms with Crippen LogP contribution in [0.15, 0.2) is 24.5 Å². The fourth-order valence-electron chi connectivity index (χ4n) is 2.47. The number of nitrogens with zero attached hydrogens (tertiary/aromatic N) is 3. The number of hydrogen-bond donors (Lipinski definition) is 1. The fraction of sp³-hybridized carbons (Fsp3) is 0.333. The predicted octanol–water partition coefficient (Wildman–Crippen LogP) is 1.14. The van der Waals surface area contributed by atoms with Gasteiger partial charge in [-0.2, -0.15) is 0 Å². The molecule has 0 atom stereocenters.